The topological polar surface area (TPSA) is 58.6 Å². The molecule has 0 spiro atoms. The molecule has 0 radical (unpaired) electrons. The molecule has 0 aromatic carbocycles. The van der Waals surface area contributed by atoms with Crippen molar-refractivity contribution in [2.75, 3.05) is 19.8 Å². The third-order valence-electron chi connectivity index (χ3n) is 2.77. The molecule has 15 heavy (non-hydrogen) atoms. The first kappa shape index (κ1) is 12.5. The lowest BCUT2D eigenvalue weighted by Crippen LogP contribution is -2.40. The average molecular weight is 215 g/mol. The number of aliphatic hydroxyl groups is 1. The van der Waals surface area contributed by atoms with Crippen molar-refractivity contribution in [2.45, 2.75) is 44.6 Å². The fourth-order valence-corrected chi connectivity index (χ4v) is 1.75. The number of carbonyl (C=O) groups excluding carboxylic acids is 1. The van der Waals surface area contributed by atoms with Crippen molar-refractivity contribution in [3.63, 3.8) is 0 Å². The van der Waals surface area contributed by atoms with Gasteiger partial charge < -0.3 is 15.2 Å². The van der Waals surface area contributed by atoms with Gasteiger partial charge in [0.2, 0.25) is 5.91 Å². The summed E-state index contributed by atoms with van der Waals surface area (Å²) in [5.41, 5.74) is -0.160. The monoisotopic (exact) mass is 215 g/mol. The van der Waals surface area contributed by atoms with Gasteiger partial charge in [-0.2, -0.15) is 0 Å². The van der Waals surface area contributed by atoms with Gasteiger partial charge in [0, 0.05) is 26.2 Å². The van der Waals surface area contributed by atoms with Gasteiger partial charge in [-0.25, -0.2) is 0 Å². The zero-order valence-electron chi connectivity index (χ0n) is 9.42. The van der Waals surface area contributed by atoms with Gasteiger partial charge in [0.15, 0.2) is 0 Å². The molecule has 1 saturated heterocycles. The number of hydrogen-bond acceptors (Lipinski definition) is 3. The first-order chi connectivity index (χ1) is 7.16. The molecule has 0 aromatic rings. The minimum atomic E-state index is -0.160. The highest BCUT2D eigenvalue weighted by molar-refractivity contribution is 5.75. The van der Waals surface area contributed by atoms with E-state index in [9.17, 15) is 4.79 Å². The van der Waals surface area contributed by atoms with Crippen LogP contribution in [0, 0.1) is 0 Å². The molecule has 1 unspecified atom stereocenters. The minimum absolute atomic E-state index is 0.0557. The number of hydrogen-bond donors (Lipinski definition) is 2. The summed E-state index contributed by atoms with van der Waals surface area (Å²) in [6, 6.07) is 0. The summed E-state index contributed by atoms with van der Waals surface area (Å²) in [7, 11) is 0. The molecule has 1 amide bonds. The first-order valence-corrected chi connectivity index (χ1v) is 5.68. The summed E-state index contributed by atoms with van der Waals surface area (Å²) in [4.78, 5) is 11.4. The maximum absolute atomic E-state index is 11.4. The van der Waals surface area contributed by atoms with Crippen LogP contribution < -0.4 is 5.32 Å². The number of rotatable bonds is 6. The molecule has 0 aliphatic carbocycles. The summed E-state index contributed by atoms with van der Waals surface area (Å²) in [5.74, 6) is 0.0557. The maximum atomic E-state index is 11.4. The van der Waals surface area contributed by atoms with Gasteiger partial charge in [-0.1, -0.05) is 0 Å². The van der Waals surface area contributed by atoms with Gasteiger partial charge in [-0.3, -0.25) is 4.79 Å². The van der Waals surface area contributed by atoms with E-state index in [1.807, 2.05) is 6.92 Å². The highest BCUT2D eigenvalue weighted by atomic mass is 16.5. The van der Waals surface area contributed by atoms with E-state index in [4.69, 9.17) is 9.84 Å². The van der Waals surface area contributed by atoms with Gasteiger partial charge in [0.25, 0.3) is 0 Å². The van der Waals surface area contributed by atoms with Crippen LogP contribution >= 0.6 is 0 Å². The smallest absolute Gasteiger partial charge is 0.220 e. The molecule has 1 atom stereocenters. The summed E-state index contributed by atoms with van der Waals surface area (Å²) in [6.07, 6.45) is 4.04. The molecule has 1 heterocycles. The molecular formula is C11H21NO3. The molecule has 2 N–H and O–H groups in total. The zero-order chi connectivity index (χ0) is 11.1. The van der Waals surface area contributed by atoms with E-state index >= 15 is 0 Å². The Morgan fingerprint density at radius 2 is 2.33 bits per heavy atom. The minimum Gasteiger partial charge on any atom is -0.396 e. The molecule has 0 bridgehead atoms. The molecule has 1 aliphatic heterocycles. The van der Waals surface area contributed by atoms with Gasteiger partial charge >= 0.3 is 0 Å². The SMILES string of the molecule is CC1(CNC(=O)CCCCO)CCCO1. The van der Waals surface area contributed by atoms with E-state index in [1.54, 1.807) is 0 Å². The largest absolute Gasteiger partial charge is 0.396 e. The molecule has 0 saturated carbocycles. The second-order valence-electron chi connectivity index (χ2n) is 4.36. The number of nitrogens with one attached hydrogen (secondary N) is 1. The molecule has 4 heteroatoms. The average Bonchev–Trinajstić information content (AvgIpc) is 2.64. The van der Waals surface area contributed by atoms with Gasteiger partial charge in [0.1, 0.15) is 0 Å². The van der Waals surface area contributed by atoms with E-state index in [-0.39, 0.29) is 18.1 Å². The quantitative estimate of drug-likeness (QED) is 0.645. The third kappa shape index (κ3) is 4.62. The van der Waals surface area contributed by atoms with Gasteiger partial charge in [-0.15, -0.1) is 0 Å². The second-order valence-corrected chi connectivity index (χ2v) is 4.36. The predicted octanol–water partition coefficient (Wildman–Crippen LogP) is 0.834. The maximum Gasteiger partial charge on any atom is 0.220 e. The van der Waals surface area contributed by atoms with E-state index in [0.717, 1.165) is 25.9 Å². The molecule has 0 aromatic heterocycles. The number of ether oxygens (including phenoxy) is 1. The van der Waals surface area contributed by atoms with Crippen LogP contribution in [0.5, 0.6) is 0 Å². The fourth-order valence-electron chi connectivity index (χ4n) is 1.75. The summed E-state index contributed by atoms with van der Waals surface area (Å²) in [6.45, 7) is 3.60. The van der Waals surface area contributed by atoms with E-state index in [1.165, 1.54) is 0 Å². The normalized spacial score (nSPS) is 25.5. The van der Waals surface area contributed by atoms with Crippen molar-refractivity contribution < 1.29 is 14.6 Å². The zero-order valence-corrected chi connectivity index (χ0v) is 9.42. The van der Waals surface area contributed by atoms with Crippen LogP contribution in [0.4, 0.5) is 0 Å². The standard InChI is InChI=1S/C11H21NO3/c1-11(6-4-8-15-11)9-12-10(14)5-2-3-7-13/h13H,2-9H2,1H3,(H,12,14). The lowest BCUT2D eigenvalue weighted by molar-refractivity contribution is -0.122. The van der Waals surface area contributed by atoms with Crippen molar-refractivity contribution >= 4 is 5.91 Å². The molecule has 1 rings (SSSR count). The number of unbranched alkanes of at least 4 members (excludes halogenated alkanes) is 1. The van der Waals surface area contributed by atoms with Gasteiger partial charge in [-0.05, 0) is 32.6 Å². The lowest BCUT2D eigenvalue weighted by Gasteiger charge is -2.23. The highest BCUT2D eigenvalue weighted by Crippen LogP contribution is 2.23. The lowest BCUT2D eigenvalue weighted by atomic mass is 10.0. The Bertz CT molecular complexity index is 200. The second kappa shape index (κ2) is 6.08. The Balaban J connectivity index is 2.10. The van der Waals surface area contributed by atoms with E-state index in [0.29, 0.717) is 19.4 Å². The highest BCUT2D eigenvalue weighted by Gasteiger charge is 2.29. The Morgan fingerprint density at radius 3 is 2.93 bits per heavy atom. The Morgan fingerprint density at radius 1 is 1.53 bits per heavy atom. The molecule has 4 nitrogen and oxygen atoms in total. The van der Waals surface area contributed by atoms with Crippen molar-refractivity contribution in [3.05, 3.63) is 0 Å². The van der Waals surface area contributed by atoms with Crippen LogP contribution in [0.3, 0.4) is 0 Å². The van der Waals surface area contributed by atoms with Crippen molar-refractivity contribution in [3.8, 4) is 0 Å². The number of carbonyl (C=O) groups is 1. The summed E-state index contributed by atoms with van der Waals surface area (Å²) in [5, 5.41) is 11.4. The molecule has 1 fully saturated rings. The van der Waals surface area contributed by atoms with Crippen LogP contribution in [0.15, 0.2) is 0 Å². The third-order valence-corrected chi connectivity index (χ3v) is 2.77. The Labute approximate surface area is 91.0 Å². The van der Waals surface area contributed by atoms with Crippen LogP contribution in [-0.2, 0) is 9.53 Å². The van der Waals surface area contributed by atoms with Crippen LogP contribution in [0.2, 0.25) is 0 Å². The Kier molecular flexibility index (Phi) is 5.05. The molecular weight excluding hydrogens is 194 g/mol. The summed E-state index contributed by atoms with van der Waals surface area (Å²) < 4.78 is 5.56. The number of amides is 1. The Hall–Kier alpha value is -0.610. The first-order valence-electron chi connectivity index (χ1n) is 5.68. The van der Waals surface area contributed by atoms with Crippen molar-refractivity contribution in [1.29, 1.82) is 0 Å². The van der Waals surface area contributed by atoms with Crippen LogP contribution in [0.25, 0.3) is 0 Å². The van der Waals surface area contributed by atoms with E-state index < -0.39 is 0 Å². The summed E-state index contributed by atoms with van der Waals surface area (Å²) >= 11 is 0. The molecule has 1 aliphatic rings. The van der Waals surface area contributed by atoms with Crippen molar-refractivity contribution in [1.82, 2.24) is 5.32 Å². The number of aliphatic hydroxyl groups excluding tert-OH is 1. The molecule has 88 valence electrons. The van der Waals surface area contributed by atoms with Crippen molar-refractivity contribution in [2.24, 2.45) is 0 Å². The van der Waals surface area contributed by atoms with Gasteiger partial charge in [0.05, 0.1) is 5.60 Å². The van der Waals surface area contributed by atoms with E-state index in [2.05, 4.69) is 5.32 Å². The fraction of sp³-hybridized carbons (Fsp3) is 0.909. The predicted molar refractivity (Wildman–Crippen MR) is 57.5 cm³/mol. The van der Waals surface area contributed by atoms with Crippen LogP contribution in [-0.4, -0.2) is 36.4 Å². The van der Waals surface area contributed by atoms with Crippen LogP contribution in [0.1, 0.15) is 39.0 Å².